The quantitative estimate of drug-likeness (QED) is 0.784. The van der Waals surface area contributed by atoms with E-state index in [1.165, 1.54) is 4.88 Å². The maximum Gasteiger partial charge on any atom is 0.167 e. The minimum atomic E-state index is -0.256. The van der Waals surface area contributed by atoms with Crippen molar-refractivity contribution in [1.82, 2.24) is 0 Å². The van der Waals surface area contributed by atoms with Crippen LogP contribution in [0.5, 0.6) is 5.75 Å². The monoisotopic (exact) mass is 236 g/mol. The molecule has 0 amide bonds. The summed E-state index contributed by atoms with van der Waals surface area (Å²) >= 11 is 1.69. The molecule has 1 nitrogen and oxygen atoms in total. The van der Waals surface area contributed by atoms with E-state index in [0.29, 0.717) is 17.9 Å². The molecule has 0 spiro atoms. The van der Waals surface area contributed by atoms with Crippen molar-refractivity contribution >= 4 is 11.3 Å². The van der Waals surface area contributed by atoms with Gasteiger partial charge in [-0.2, -0.15) is 0 Å². The van der Waals surface area contributed by atoms with E-state index in [4.69, 9.17) is 4.74 Å². The summed E-state index contributed by atoms with van der Waals surface area (Å²) in [5, 5.41) is 2.03. The average molecular weight is 236 g/mol. The number of benzene rings is 1. The highest BCUT2D eigenvalue weighted by molar-refractivity contribution is 7.09. The van der Waals surface area contributed by atoms with Crippen LogP contribution in [0.15, 0.2) is 35.7 Å². The molecule has 2 aromatic rings. The van der Waals surface area contributed by atoms with Crippen LogP contribution in [0.3, 0.4) is 0 Å². The summed E-state index contributed by atoms with van der Waals surface area (Å²) in [6.07, 6.45) is 0.824. The summed E-state index contributed by atoms with van der Waals surface area (Å²) in [6, 6.07) is 9.27. The first kappa shape index (κ1) is 11.1. The predicted octanol–water partition coefficient (Wildman–Crippen LogP) is 3.82. The first-order valence-electron chi connectivity index (χ1n) is 5.17. The molecule has 84 valence electrons. The molecule has 0 aliphatic carbocycles. The first-order chi connectivity index (χ1) is 7.77. The number of halogens is 1. The summed E-state index contributed by atoms with van der Waals surface area (Å²) in [4.78, 5) is 1.26. The van der Waals surface area contributed by atoms with E-state index in [1.807, 2.05) is 11.4 Å². The molecule has 3 heteroatoms. The van der Waals surface area contributed by atoms with Gasteiger partial charge in [0.15, 0.2) is 11.6 Å². The number of hydrogen-bond donors (Lipinski definition) is 0. The molecule has 16 heavy (non-hydrogen) atoms. The molecule has 1 aromatic carbocycles. The van der Waals surface area contributed by atoms with Crippen LogP contribution < -0.4 is 4.74 Å². The Balaban J connectivity index is 1.92. The highest BCUT2D eigenvalue weighted by atomic mass is 32.1. The Morgan fingerprint density at radius 2 is 2.12 bits per heavy atom. The zero-order valence-electron chi connectivity index (χ0n) is 9.07. The lowest BCUT2D eigenvalue weighted by Gasteiger charge is -2.07. The Hall–Kier alpha value is -1.35. The number of rotatable bonds is 4. The van der Waals surface area contributed by atoms with Crippen molar-refractivity contribution in [2.75, 3.05) is 6.61 Å². The van der Waals surface area contributed by atoms with Gasteiger partial charge < -0.3 is 4.74 Å². The third-order valence-corrected chi connectivity index (χ3v) is 3.28. The fraction of sp³-hybridized carbons (Fsp3) is 0.231. The van der Waals surface area contributed by atoms with Gasteiger partial charge in [0.25, 0.3) is 0 Å². The molecule has 0 aliphatic rings. The van der Waals surface area contributed by atoms with Crippen molar-refractivity contribution in [1.29, 1.82) is 0 Å². The fourth-order valence-electron chi connectivity index (χ4n) is 1.45. The van der Waals surface area contributed by atoms with Crippen molar-refractivity contribution < 1.29 is 9.13 Å². The van der Waals surface area contributed by atoms with Gasteiger partial charge in [0.1, 0.15) is 0 Å². The van der Waals surface area contributed by atoms with Crippen LogP contribution in [-0.2, 0) is 6.42 Å². The number of hydrogen-bond acceptors (Lipinski definition) is 2. The second kappa shape index (κ2) is 5.12. The molecule has 2 rings (SSSR count). The van der Waals surface area contributed by atoms with E-state index >= 15 is 0 Å². The topological polar surface area (TPSA) is 9.23 Å². The van der Waals surface area contributed by atoms with E-state index in [0.717, 1.165) is 6.42 Å². The summed E-state index contributed by atoms with van der Waals surface area (Å²) in [6.45, 7) is 2.25. The fourth-order valence-corrected chi connectivity index (χ4v) is 2.14. The summed E-state index contributed by atoms with van der Waals surface area (Å²) in [7, 11) is 0. The Kier molecular flexibility index (Phi) is 3.57. The van der Waals surface area contributed by atoms with Gasteiger partial charge in [0.05, 0.1) is 6.61 Å². The average Bonchev–Trinajstić information content (AvgIpc) is 2.77. The molecule has 0 bridgehead atoms. The summed E-state index contributed by atoms with van der Waals surface area (Å²) in [5.74, 6) is 0.0882. The summed E-state index contributed by atoms with van der Waals surface area (Å²) in [5.41, 5.74) is 0.619. The van der Waals surface area contributed by atoms with Crippen molar-refractivity contribution in [2.45, 2.75) is 13.3 Å². The molecule has 0 fully saturated rings. The van der Waals surface area contributed by atoms with E-state index in [1.54, 1.807) is 36.5 Å². The van der Waals surface area contributed by atoms with Crippen LogP contribution >= 0.6 is 11.3 Å². The minimum absolute atomic E-state index is 0.256. The van der Waals surface area contributed by atoms with Crippen molar-refractivity contribution in [3.63, 3.8) is 0 Å². The normalized spacial score (nSPS) is 10.4. The smallest absolute Gasteiger partial charge is 0.167 e. The van der Waals surface area contributed by atoms with E-state index in [2.05, 4.69) is 6.07 Å². The van der Waals surface area contributed by atoms with Gasteiger partial charge in [-0.3, -0.25) is 0 Å². The lowest BCUT2D eigenvalue weighted by Crippen LogP contribution is -2.02. The van der Waals surface area contributed by atoms with Gasteiger partial charge >= 0.3 is 0 Å². The minimum Gasteiger partial charge on any atom is -0.490 e. The Bertz CT molecular complexity index is 451. The zero-order valence-corrected chi connectivity index (χ0v) is 9.89. The molecule has 0 N–H and O–H groups in total. The van der Waals surface area contributed by atoms with Gasteiger partial charge in [-0.1, -0.05) is 18.2 Å². The molecule has 1 heterocycles. The maximum atomic E-state index is 13.5. The first-order valence-corrected chi connectivity index (χ1v) is 6.05. The molecular formula is C13H13FOS. The van der Waals surface area contributed by atoms with Crippen LogP contribution in [-0.4, -0.2) is 6.61 Å². The largest absolute Gasteiger partial charge is 0.490 e. The van der Waals surface area contributed by atoms with Crippen molar-refractivity contribution in [3.05, 3.63) is 52.0 Å². The van der Waals surface area contributed by atoms with Gasteiger partial charge in [-0.15, -0.1) is 11.3 Å². The zero-order chi connectivity index (χ0) is 11.4. The van der Waals surface area contributed by atoms with Gasteiger partial charge in [0, 0.05) is 11.3 Å². The van der Waals surface area contributed by atoms with Crippen LogP contribution in [0.2, 0.25) is 0 Å². The highest BCUT2D eigenvalue weighted by Gasteiger charge is 2.05. The van der Waals surface area contributed by atoms with E-state index in [9.17, 15) is 4.39 Å². The van der Waals surface area contributed by atoms with E-state index < -0.39 is 0 Å². The van der Waals surface area contributed by atoms with Crippen LogP contribution in [0.1, 0.15) is 10.4 Å². The Labute approximate surface area is 98.5 Å². The SMILES string of the molecule is Cc1cccc(OCCc2cccs2)c1F. The molecule has 0 saturated heterocycles. The van der Waals surface area contributed by atoms with Gasteiger partial charge in [0.2, 0.25) is 0 Å². The maximum absolute atomic E-state index is 13.5. The molecule has 0 radical (unpaired) electrons. The molecular weight excluding hydrogens is 223 g/mol. The van der Waals surface area contributed by atoms with Gasteiger partial charge in [-0.25, -0.2) is 4.39 Å². The second-order valence-corrected chi connectivity index (χ2v) is 4.60. The standard InChI is InChI=1S/C13H13FOS/c1-10-4-2-6-12(13(10)14)15-8-7-11-5-3-9-16-11/h2-6,9H,7-8H2,1H3. The molecule has 0 unspecified atom stereocenters. The molecule has 0 atom stereocenters. The van der Waals surface area contributed by atoms with Crippen LogP contribution in [0.4, 0.5) is 4.39 Å². The third-order valence-electron chi connectivity index (χ3n) is 2.34. The lowest BCUT2D eigenvalue weighted by atomic mass is 10.2. The predicted molar refractivity (Wildman–Crippen MR) is 64.7 cm³/mol. The molecule has 0 saturated carbocycles. The number of aryl methyl sites for hydroxylation is 1. The second-order valence-electron chi connectivity index (χ2n) is 3.56. The number of thiophene rings is 1. The van der Waals surface area contributed by atoms with E-state index in [-0.39, 0.29) is 5.82 Å². The molecule has 1 aromatic heterocycles. The third kappa shape index (κ3) is 2.61. The Morgan fingerprint density at radius 3 is 2.88 bits per heavy atom. The Morgan fingerprint density at radius 1 is 1.25 bits per heavy atom. The van der Waals surface area contributed by atoms with Crippen molar-refractivity contribution in [2.24, 2.45) is 0 Å². The van der Waals surface area contributed by atoms with Gasteiger partial charge in [-0.05, 0) is 30.0 Å². The van der Waals surface area contributed by atoms with Crippen LogP contribution in [0, 0.1) is 12.7 Å². The summed E-state index contributed by atoms with van der Waals surface area (Å²) < 4.78 is 19.0. The molecule has 0 aliphatic heterocycles. The number of ether oxygens (including phenoxy) is 1. The highest BCUT2D eigenvalue weighted by Crippen LogP contribution is 2.20. The van der Waals surface area contributed by atoms with Crippen LogP contribution in [0.25, 0.3) is 0 Å². The van der Waals surface area contributed by atoms with Crippen molar-refractivity contribution in [3.8, 4) is 5.75 Å². The lowest BCUT2D eigenvalue weighted by molar-refractivity contribution is 0.305.